The summed E-state index contributed by atoms with van der Waals surface area (Å²) >= 11 is 8.38. The SMILES string of the molecule is O=C(O)CCc1ccc(NC(c2ccsc2)c2ccc3cc[nH]c3c2Cl)cc1. The molecule has 1 atom stereocenters. The van der Waals surface area contributed by atoms with Crippen LogP contribution in [0.15, 0.2) is 65.5 Å². The summed E-state index contributed by atoms with van der Waals surface area (Å²) in [5.41, 5.74) is 5.05. The Hall–Kier alpha value is -2.76. The van der Waals surface area contributed by atoms with E-state index in [9.17, 15) is 4.79 Å². The van der Waals surface area contributed by atoms with E-state index in [1.807, 2.05) is 36.5 Å². The molecule has 0 fully saturated rings. The van der Waals surface area contributed by atoms with Gasteiger partial charge in [-0.25, -0.2) is 0 Å². The van der Waals surface area contributed by atoms with Crippen LogP contribution in [-0.2, 0) is 11.2 Å². The van der Waals surface area contributed by atoms with Crippen LogP contribution in [0.25, 0.3) is 10.9 Å². The number of hydrogen-bond acceptors (Lipinski definition) is 3. The number of nitrogens with one attached hydrogen (secondary N) is 2. The van der Waals surface area contributed by atoms with Crippen LogP contribution < -0.4 is 5.32 Å². The van der Waals surface area contributed by atoms with Gasteiger partial charge in [0.1, 0.15) is 0 Å². The van der Waals surface area contributed by atoms with Crippen molar-refractivity contribution in [1.29, 1.82) is 0 Å². The largest absolute Gasteiger partial charge is 0.481 e. The lowest BCUT2D eigenvalue weighted by atomic mass is 9.99. The molecule has 1 unspecified atom stereocenters. The van der Waals surface area contributed by atoms with E-state index in [0.717, 1.165) is 33.3 Å². The summed E-state index contributed by atoms with van der Waals surface area (Å²) in [5.74, 6) is -0.783. The van der Waals surface area contributed by atoms with Crippen molar-refractivity contribution in [3.05, 3.63) is 87.2 Å². The summed E-state index contributed by atoms with van der Waals surface area (Å²) < 4.78 is 0. The highest BCUT2D eigenvalue weighted by atomic mass is 35.5. The number of carbonyl (C=O) groups is 1. The first-order valence-electron chi connectivity index (χ1n) is 8.96. The zero-order valence-corrected chi connectivity index (χ0v) is 16.6. The molecule has 0 radical (unpaired) electrons. The molecule has 0 aliphatic heterocycles. The summed E-state index contributed by atoms with van der Waals surface area (Å²) in [6.45, 7) is 0. The van der Waals surface area contributed by atoms with Gasteiger partial charge in [-0.3, -0.25) is 4.79 Å². The maximum Gasteiger partial charge on any atom is 0.303 e. The van der Waals surface area contributed by atoms with Crippen molar-refractivity contribution in [2.45, 2.75) is 18.9 Å². The van der Waals surface area contributed by atoms with Crippen molar-refractivity contribution in [1.82, 2.24) is 4.98 Å². The first kappa shape index (κ1) is 18.6. The summed E-state index contributed by atoms with van der Waals surface area (Å²) in [6, 6.07) is 16.0. The van der Waals surface area contributed by atoms with Gasteiger partial charge in [-0.1, -0.05) is 35.9 Å². The maximum absolute atomic E-state index is 10.8. The van der Waals surface area contributed by atoms with Crippen LogP contribution in [0.4, 0.5) is 5.69 Å². The van der Waals surface area contributed by atoms with Crippen molar-refractivity contribution in [3.8, 4) is 0 Å². The highest BCUT2D eigenvalue weighted by Crippen LogP contribution is 2.36. The highest BCUT2D eigenvalue weighted by Gasteiger charge is 2.19. The Morgan fingerprint density at radius 1 is 1.14 bits per heavy atom. The Morgan fingerprint density at radius 2 is 1.96 bits per heavy atom. The molecule has 0 bridgehead atoms. The van der Waals surface area contributed by atoms with E-state index >= 15 is 0 Å². The average Bonchev–Trinajstić information content (AvgIpc) is 3.38. The number of anilines is 1. The molecule has 2 aromatic heterocycles. The lowest BCUT2D eigenvalue weighted by Gasteiger charge is -2.21. The number of aromatic nitrogens is 1. The van der Waals surface area contributed by atoms with Crippen LogP contribution in [0, 0.1) is 0 Å². The molecule has 4 aromatic rings. The Labute approximate surface area is 171 Å². The molecule has 2 heterocycles. The summed E-state index contributed by atoms with van der Waals surface area (Å²) in [6.07, 6.45) is 2.55. The van der Waals surface area contributed by atoms with Crippen molar-refractivity contribution in [3.63, 3.8) is 0 Å². The van der Waals surface area contributed by atoms with E-state index in [2.05, 4.69) is 39.3 Å². The molecule has 0 spiro atoms. The average molecular weight is 411 g/mol. The third-order valence-corrected chi connectivity index (χ3v) is 5.88. The van der Waals surface area contributed by atoms with Gasteiger partial charge < -0.3 is 15.4 Å². The van der Waals surface area contributed by atoms with E-state index in [1.165, 1.54) is 0 Å². The minimum absolute atomic E-state index is 0.0867. The van der Waals surface area contributed by atoms with Crippen LogP contribution in [0.3, 0.4) is 0 Å². The third-order valence-electron chi connectivity index (χ3n) is 4.77. The quantitative estimate of drug-likeness (QED) is 0.345. The molecule has 0 amide bonds. The zero-order chi connectivity index (χ0) is 19.5. The number of hydrogen-bond donors (Lipinski definition) is 3. The van der Waals surface area contributed by atoms with Crippen LogP contribution >= 0.6 is 22.9 Å². The Morgan fingerprint density at radius 3 is 2.68 bits per heavy atom. The molecule has 0 aliphatic rings. The number of aryl methyl sites for hydroxylation is 1. The number of carboxylic acid groups (broad SMARTS) is 1. The van der Waals surface area contributed by atoms with E-state index < -0.39 is 5.97 Å². The molecule has 6 heteroatoms. The van der Waals surface area contributed by atoms with Crippen LogP contribution in [0.2, 0.25) is 5.02 Å². The molecule has 0 aliphatic carbocycles. The first-order valence-corrected chi connectivity index (χ1v) is 10.3. The van der Waals surface area contributed by atoms with Crippen LogP contribution in [0.1, 0.15) is 29.2 Å². The Balaban J connectivity index is 1.64. The number of thiophene rings is 1. The number of aromatic amines is 1. The van der Waals surface area contributed by atoms with Gasteiger partial charge in [0, 0.05) is 23.7 Å². The number of benzene rings is 2. The molecule has 0 saturated heterocycles. The molecule has 3 N–H and O–H groups in total. The van der Waals surface area contributed by atoms with Gasteiger partial charge in [0.05, 0.1) is 16.6 Å². The summed E-state index contributed by atoms with van der Waals surface area (Å²) in [4.78, 5) is 14.0. The van der Waals surface area contributed by atoms with Gasteiger partial charge in [0.25, 0.3) is 0 Å². The van der Waals surface area contributed by atoms with Crippen molar-refractivity contribution >= 4 is 45.5 Å². The lowest BCUT2D eigenvalue weighted by molar-refractivity contribution is -0.136. The Bertz CT molecular complexity index is 1090. The second-order valence-electron chi connectivity index (χ2n) is 6.64. The molecule has 142 valence electrons. The van der Waals surface area contributed by atoms with E-state index in [4.69, 9.17) is 16.7 Å². The molecule has 4 rings (SSSR count). The lowest BCUT2D eigenvalue weighted by Crippen LogP contribution is -2.12. The fraction of sp³-hybridized carbons (Fsp3) is 0.136. The predicted molar refractivity (Wildman–Crippen MR) is 115 cm³/mol. The minimum atomic E-state index is -0.783. The molecule has 28 heavy (non-hydrogen) atoms. The van der Waals surface area contributed by atoms with Gasteiger partial charge >= 0.3 is 5.97 Å². The number of fused-ring (bicyclic) bond motifs is 1. The number of aliphatic carboxylic acids is 1. The van der Waals surface area contributed by atoms with Gasteiger partial charge in [-0.15, -0.1) is 0 Å². The molecule has 4 nitrogen and oxygen atoms in total. The second kappa shape index (κ2) is 8.09. The van der Waals surface area contributed by atoms with Crippen molar-refractivity contribution in [2.75, 3.05) is 5.32 Å². The van der Waals surface area contributed by atoms with E-state index in [0.29, 0.717) is 11.4 Å². The van der Waals surface area contributed by atoms with Crippen LogP contribution in [0.5, 0.6) is 0 Å². The first-order chi connectivity index (χ1) is 13.6. The number of halogens is 1. The van der Waals surface area contributed by atoms with Gasteiger partial charge in [0.15, 0.2) is 0 Å². The minimum Gasteiger partial charge on any atom is -0.481 e. The topological polar surface area (TPSA) is 65.1 Å². The second-order valence-corrected chi connectivity index (χ2v) is 7.79. The van der Waals surface area contributed by atoms with Crippen molar-refractivity contribution in [2.24, 2.45) is 0 Å². The molecule has 0 saturated carbocycles. The monoisotopic (exact) mass is 410 g/mol. The van der Waals surface area contributed by atoms with Crippen LogP contribution in [-0.4, -0.2) is 16.1 Å². The number of carboxylic acids is 1. The number of H-pyrrole nitrogens is 1. The molecular weight excluding hydrogens is 392 g/mol. The molecule has 2 aromatic carbocycles. The third kappa shape index (κ3) is 3.91. The van der Waals surface area contributed by atoms with E-state index in [-0.39, 0.29) is 12.5 Å². The number of rotatable bonds is 7. The fourth-order valence-corrected chi connectivity index (χ4v) is 4.32. The molecular formula is C22H19ClN2O2S. The van der Waals surface area contributed by atoms with Gasteiger partial charge in [-0.05, 0) is 58.1 Å². The fourth-order valence-electron chi connectivity index (χ4n) is 3.30. The smallest absolute Gasteiger partial charge is 0.303 e. The van der Waals surface area contributed by atoms with E-state index in [1.54, 1.807) is 11.3 Å². The summed E-state index contributed by atoms with van der Waals surface area (Å²) in [7, 11) is 0. The van der Waals surface area contributed by atoms with Crippen molar-refractivity contribution < 1.29 is 9.90 Å². The Kier molecular flexibility index (Phi) is 5.37. The maximum atomic E-state index is 10.8. The normalized spacial score (nSPS) is 12.2. The highest BCUT2D eigenvalue weighted by molar-refractivity contribution is 7.08. The van der Waals surface area contributed by atoms with Gasteiger partial charge in [-0.2, -0.15) is 11.3 Å². The standard InChI is InChI=1S/C22H19ClN2O2S/c23-20-18(7-4-15-9-11-24-22(15)20)21(16-10-12-28-13-16)25-17-5-1-14(2-6-17)3-8-19(26)27/h1-2,4-7,9-13,21,24-25H,3,8H2,(H,26,27). The predicted octanol–water partition coefficient (Wildman–Crippen LogP) is 6.10. The van der Waals surface area contributed by atoms with Gasteiger partial charge in [0.2, 0.25) is 0 Å². The summed E-state index contributed by atoms with van der Waals surface area (Å²) in [5, 5.41) is 18.4. The zero-order valence-electron chi connectivity index (χ0n) is 15.0.